The zero-order chi connectivity index (χ0) is 23.8. The van der Waals surface area contributed by atoms with Gasteiger partial charge in [-0.25, -0.2) is 0 Å². The maximum atomic E-state index is 12.5. The molecule has 0 saturated carbocycles. The second kappa shape index (κ2) is 15.0. The SMILES string of the molecule is C/C=C/c1ccc(C(=O)c2ccc(OCCCCCCO)cc2)cc1.CC(C)(C)OC=O. The van der Waals surface area contributed by atoms with E-state index in [1.54, 1.807) is 0 Å². The molecule has 2 aromatic rings. The molecule has 0 unspecified atom stereocenters. The Bertz CT molecular complexity index is 815. The number of hydrogen-bond donors (Lipinski definition) is 1. The highest BCUT2D eigenvalue weighted by molar-refractivity contribution is 6.09. The molecule has 0 heterocycles. The second-order valence-electron chi connectivity index (χ2n) is 8.29. The summed E-state index contributed by atoms with van der Waals surface area (Å²) in [5.41, 5.74) is 2.11. The van der Waals surface area contributed by atoms with E-state index in [1.165, 1.54) is 0 Å². The average Bonchev–Trinajstić information content (AvgIpc) is 2.76. The smallest absolute Gasteiger partial charge is 0.293 e. The van der Waals surface area contributed by atoms with E-state index in [9.17, 15) is 9.59 Å². The van der Waals surface area contributed by atoms with Crippen molar-refractivity contribution in [2.24, 2.45) is 0 Å². The third-order valence-electron chi connectivity index (χ3n) is 4.37. The van der Waals surface area contributed by atoms with Gasteiger partial charge in [-0.2, -0.15) is 0 Å². The quantitative estimate of drug-likeness (QED) is 0.270. The normalized spacial score (nSPS) is 10.9. The van der Waals surface area contributed by atoms with Gasteiger partial charge in [0.2, 0.25) is 0 Å². The van der Waals surface area contributed by atoms with Gasteiger partial charge in [0.25, 0.3) is 6.47 Å². The summed E-state index contributed by atoms with van der Waals surface area (Å²) in [5, 5.41) is 8.73. The van der Waals surface area contributed by atoms with Crippen molar-refractivity contribution in [2.75, 3.05) is 13.2 Å². The molecule has 0 spiro atoms. The summed E-state index contributed by atoms with van der Waals surface area (Å²) in [7, 11) is 0. The summed E-state index contributed by atoms with van der Waals surface area (Å²) in [6.45, 7) is 8.81. The van der Waals surface area contributed by atoms with E-state index in [-0.39, 0.29) is 18.0 Å². The second-order valence-corrected chi connectivity index (χ2v) is 8.29. The zero-order valence-electron chi connectivity index (χ0n) is 19.7. The van der Waals surface area contributed by atoms with Gasteiger partial charge in [0, 0.05) is 17.7 Å². The van der Waals surface area contributed by atoms with Crippen molar-refractivity contribution in [1.29, 1.82) is 0 Å². The molecule has 1 N–H and O–H groups in total. The topological polar surface area (TPSA) is 72.8 Å². The minimum absolute atomic E-state index is 0.0163. The number of ketones is 1. The number of aliphatic hydroxyl groups excluding tert-OH is 1. The molecule has 0 saturated heterocycles. The first-order valence-electron chi connectivity index (χ1n) is 11.0. The lowest BCUT2D eigenvalue weighted by atomic mass is 10.0. The number of benzene rings is 2. The van der Waals surface area contributed by atoms with Crippen molar-refractivity contribution in [3.05, 3.63) is 71.3 Å². The molecule has 5 nitrogen and oxygen atoms in total. The summed E-state index contributed by atoms with van der Waals surface area (Å²) < 4.78 is 10.2. The van der Waals surface area contributed by atoms with Crippen LogP contribution in [0.2, 0.25) is 0 Å². The van der Waals surface area contributed by atoms with Gasteiger partial charge in [0.15, 0.2) is 5.78 Å². The Kier molecular flexibility index (Phi) is 12.7. The molecule has 174 valence electrons. The molecule has 2 rings (SSSR count). The van der Waals surface area contributed by atoms with Crippen LogP contribution in [0.4, 0.5) is 0 Å². The van der Waals surface area contributed by atoms with Gasteiger partial charge in [0.05, 0.1) is 6.61 Å². The third-order valence-corrected chi connectivity index (χ3v) is 4.37. The van der Waals surface area contributed by atoms with Crippen LogP contribution in [-0.2, 0) is 9.53 Å². The lowest BCUT2D eigenvalue weighted by molar-refractivity contribution is -0.138. The standard InChI is InChI=1S/C22H26O3.C5H10O2/c1-2-7-18-8-10-19(11-9-18)22(24)20-12-14-21(15-13-20)25-17-6-4-3-5-16-23;1-5(2,3)7-4-6/h2,7-15,23H,3-6,16-17H2,1H3;4H,1-3H3/b7-2+;. The monoisotopic (exact) mass is 440 g/mol. The minimum Gasteiger partial charge on any atom is -0.494 e. The molecule has 0 aliphatic carbocycles. The number of hydrogen-bond acceptors (Lipinski definition) is 5. The predicted molar refractivity (Wildman–Crippen MR) is 129 cm³/mol. The van der Waals surface area contributed by atoms with Crippen LogP contribution in [0.1, 0.15) is 74.9 Å². The summed E-state index contributed by atoms with van der Waals surface area (Å²) in [5.74, 6) is 0.796. The first kappa shape index (κ1) is 27.1. The fraction of sp³-hybridized carbons (Fsp3) is 0.407. The van der Waals surface area contributed by atoms with E-state index in [0.29, 0.717) is 24.2 Å². The van der Waals surface area contributed by atoms with Crippen molar-refractivity contribution >= 4 is 18.3 Å². The maximum absolute atomic E-state index is 12.5. The van der Waals surface area contributed by atoms with Crippen LogP contribution in [-0.4, -0.2) is 36.2 Å². The molecule has 0 radical (unpaired) electrons. The van der Waals surface area contributed by atoms with E-state index in [0.717, 1.165) is 37.0 Å². The fourth-order valence-corrected chi connectivity index (χ4v) is 2.71. The molecule has 0 bridgehead atoms. The average molecular weight is 441 g/mol. The molecule has 0 aliphatic heterocycles. The number of ether oxygens (including phenoxy) is 2. The largest absolute Gasteiger partial charge is 0.494 e. The molecule has 2 aromatic carbocycles. The Morgan fingerprint density at radius 3 is 1.94 bits per heavy atom. The lowest BCUT2D eigenvalue weighted by Crippen LogP contribution is -2.17. The summed E-state index contributed by atoms with van der Waals surface area (Å²) in [6, 6.07) is 14.9. The van der Waals surface area contributed by atoms with E-state index in [1.807, 2.05) is 88.4 Å². The number of carbonyl (C=O) groups is 2. The van der Waals surface area contributed by atoms with Crippen LogP contribution in [0.5, 0.6) is 5.75 Å². The summed E-state index contributed by atoms with van der Waals surface area (Å²) >= 11 is 0. The number of allylic oxidation sites excluding steroid dienone is 1. The molecule has 0 aliphatic rings. The zero-order valence-corrected chi connectivity index (χ0v) is 19.7. The minimum atomic E-state index is -0.318. The summed E-state index contributed by atoms with van der Waals surface area (Å²) in [4.78, 5) is 22.1. The molecule has 0 aromatic heterocycles. The van der Waals surface area contributed by atoms with Gasteiger partial charge in [0.1, 0.15) is 11.4 Å². The molecular formula is C27H36O5. The van der Waals surface area contributed by atoms with Crippen LogP contribution < -0.4 is 4.74 Å². The van der Waals surface area contributed by atoms with Crippen molar-refractivity contribution < 1.29 is 24.2 Å². The van der Waals surface area contributed by atoms with Gasteiger partial charge in [-0.3, -0.25) is 9.59 Å². The van der Waals surface area contributed by atoms with Crippen LogP contribution in [0, 0.1) is 0 Å². The first-order chi connectivity index (χ1) is 15.3. The van der Waals surface area contributed by atoms with E-state index >= 15 is 0 Å². The van der Waals surface area contributed by atoms with Crippen LogP contribution in [0.25, 0.3) is 6.08 Å². The number of aliphatic hydroxyl groups is 1. The Morgan fingerprint density at radius 1 is 0.906 bits per heavy atom. The summed E-state index contributed by atoms with van der Waals surface area (Å²) in [6.07, 6.45) is 7.89. The van der Waals surface area contributed by atoms with E-state index in [2.05, 4.69) is 4.74 Å². The Balaban J connectivity index is 0.000000633. The van der Waals surface area contributed by atoms with Crippen LogP contribution in [0.3, 0.4) is 0 Å². The Morgan fingerprint density at radius 2 is 1.47 bits per heavy atom. The third kappa shape index (κ3) is 11.5. The van der Waals surface area contributed by atoms with Gasteiger partial charge in [-0.05, 0) is 76.8 Å². The first-order valence-corrected chi connectivity index (χ1v) is 11.0. The van der Waals surface area contributed by atoms with E-state index in [4.69, 9.17) is 9.84 Å². The Hall–Kier alpha value is -2.92. The molecule has 0 atom stereocenters. The highest BCUT2D eigenvalue weighted by Gasteiger charge is 2.09. The molecule has 5 heteroatoms. The highest BCUT2D eigenvalue weighted by atomic mass is 16.5. The van der Waals surface area contributed by atoms with Crippen LogP contribution in [0.15, 0.2) is 54.6 Å². The predicted octanol–water partition coefficient (Wildman–Crippen LogP) is 5.84. The number of rotatable bonds is 11. The fourth-order valence-electron chi connectivity index (χ4n) is 2.71. The van der Waals surface area contributed by atoms with Gasteiger partial charge < -0.3 is 14.6 Å². The van der Waals surface area contributed by atoms with Crippen LogP contribution >= 0.6 is 0 Å². The maximum Gasteiger partial charge on any atom is 0.293 e. The number of unbranched alkanes of at least 4 members (excludes halogenated alkanes) is 3. The van der Waals surface area contributed by atoms with Gasteiger partial charge in [-0.1, -0.05) is 42.8 Å². The van der Waals surface area contributed by atoms with Crippen molar-refractivity contribution in [3.8, 4) is 5.75 Å². The number of carbonyl (C=O) groups excluding carboxylic acids is 2. The van der Waals surface area contributed by atoms with Crippen molar-refractivity contribution in [1.82, 2.24) is 0 Å². The highest BCUT2D eigenvalue weighted by Crippen LogP contribution is 2.17. The van der Waals surface area contributed by atoms with Crippen molar-refractivity contribution in [3.63, 3.8) is 0 Å². The van der Waals surface area contributed by atoms with Gasteiger partial charge in [-0.15, -0.1) is 0 Å². The molecule has 0 fully saturated rings. The van der Waals surface area contributed by atoms with E-state index < -0.39 is 0 Å². The molecule has 32 heavy (non-hydrogen) atoms. The van der Waals surface area contributed by atoms with Crippen molar-refractivity contribution in [2.45, 2.75) is 59.0 Å². The lowest BCUT2D eigenvalue weighted by Gasteiger charge is -2.14. The Labute approximate surface area is 192 Å². The molecule has 0 amide bonds. The van der Waals surface area contributed by atoms with Gasteiger partial charge >= 0.3 is 0 Å². The molecular weight excluding hydrogens is 404 g/mol.